The number of hydrogen-bond acceptors (Lipinski definition) is 2. The molecule has 2 aromatic rings. The zero-order valence-corrected chi connectivity index (χ0v) is 9.82. The average molecular weight is 231 g/mol. The molecule has 0 fully saturated rings. The van der Waals surface area contributed by atoms with Crippen LogP contribution in [-0.2, 0) is 19.4 Å². The predicted octanol–water partition coefficient (Wildman–Crippen LogP) is 1.75. The van der Waals surface area contributed by atoms with Gasteiger partial charge in [0.2, 0.25) is 0 Å². The van der Waals surface area contributed by atoms with E-state index in [2.05, 4.69) is 9.55 Å². The van der Waals surface area contributed by atoms with Gasteiger partial charge in [0.25, 0.3) is 0 Å². The van der Waals surface area contributed by atoms with Crippen LogP contribution in [-0.4, -0.2) is 26.2 Å². The molecule has 90 valence electrons. The lowest BCUT2D eigenvalue weighted by Crippen LogP contribution is -2.13. The summed E-state index contributed by atoms with van der Waals surface area (Å²) in [6.07, 6.45) is 8.07. The summed E-state index contributed by atoms with van der Waals surface area (Å²) in [5, 5.41) is 9.21. The molecule has 4 heteroatoms. The number of aliphatic hydroxyl groups excluding tert-OH is 1. The van der Waals surface area contributed by atoms with Crippen molar-refractivity contribution in [2.75, 3.05) is 6.61 Å². The fourth-order valence-corrected chi connectivity index (χ4v) is 2.61. The summed E-state index contributed by atoms with van der Waals surface area (Å²) >= 11 is 0. The van der Waals surface area contributed by atoms with Crippen molar-refractivity contribution in [1.29, 1.82) is 0 Å². The Balaban J connectivity index is 2.10. The molecular formula is C13H17N3O. The van der Waals surface area contributed by atoms with Gasteiger partial charge in [-0.15, -0.1) is 0 Å². The molecule has 1 aliphatic heterocycles. The van der Waals surface area contributed by atoms with Crippen LogP contribution in [0.1, 0.15) is 24.4 Å². The highest BCUT2D eigenvalue weighted by molar-refractivity contribution is 5.61. The van der Waals surface area contributed by atoms with Crippen molar-refractivity contribution in [3.63, 3.8) is 0 Å². The number of aliphatic hydroxyl groups is 1. The number of fused-ring (bicyclic) bond motifs is 1. The Labute approximate surface area is 100 Å². The molecular weight excluding hydrogens is 214 g/mol. The van der Waals surface area contributed by atoms with Gasteiger partial charge in [0, 0.05) is 49.6 Å². The quantitative estimate of drug-likeness (QED) is 0.845. The van der Waals surface area contributed by atoms with Crippen molar-refractivity contribution in [1.82, 2.24) is 14.5 Å². The molecule has 1 aliphatic rings. The SMILES string of the molecule is OCCc1c(-c2cc[nH]c2)nc2n1CCCC2. The molecule has 3 heterocycles. The molecule has 0 bridgehead atoms. The maximum atomic E-state index is 9.21. The molecule has 2 aromatic heterocycles. The van der Waals surface area contributed by atoms with Gasteiger partial charge in [0.1, 0.15) is 5.82 Å². The number of aryl methyl sites for hydroxylation is 1. The van der Waals surface area contributed by atoms with Crippen molar-refractivity contribution >= 4 is 0 Å². The number of nitrogens with zero attached hydrogens (tertiary/aromatic N) is 2. The minimum absolute atomic E-state index is 0.183. The Morgan fingerprint density at radius 3 is 3.12 bits per heavy atom. The first kappa shape index (κ1) is 10.6. The Morgan fingerprint density at radius 1 is 1.41 bits per heavy atom. The second kappa shape index (κ2) is 4.37. The zero-order chi connectivity index (χ0) is 11.7. The number of aromatic amines is 1. The summed E-state index contributed by atoms with van der Waals surface area (Å²) in [5.74, 6) is 1.18. The first-order valence-corrected chi connectivity index (χ1v) is 6.22. The Hall–Kier alpha value is -1.55. The van der Waals surface area contributed by atoms with Crippen molar-refractivity contribution in [3.8, 4) is 11.3 Å². The molecule has 0 aliphatic carbocycles. The van der Waals surface area contributed by atoms with E-state index >= 15 is 0 Å². The van der Waals surface area contributed by atoms with Crippen molar-refractivity contribution < 1.29 is 5.11 Å². The van der Waals surface area contributed by atoms with Crippen LogP contribution in [0.15, 0.2) is 18.5 Å². The van der Waals surface area contributed by atoms with E-state index in [9.17, 15) is 5.11 Å². The van der Waals surface area contributed by atoms with Gasteiger partial charge in [0.05, 0.1) is 5.69 Å². The summed E-state index contributed by atoms with van der Waals surface area (Å²) in [4.78, 5) is 7.81. The largest absolute Gasteiger partial charge is 0.396 e. The number of nitrogens with one attached hydrogen (secondary N) is 1. The molecule has 0 spiro atoms. The number of hydrogen-bond donors (Lipinski definition) is 2. The minimum Gasteiger partial charge on any atom is -0.396 e. The summed E-state index contributed by atoms with van der Waals surface area (Å²) < 4.78 is 2.29. The smallest absolute Gasteiger partial charge is 0.109 e. The fourth-order valence-electron chi connectivity index (χ4n) is 2.61. The normalized spacial score (nSPS) is 14.9. The number of rotatable bonds is 3. The lowest BCUT2D eigenvalue weighted by molar-refractivity contribution is 0.295. The maximum absolute atomic E-state index is 9.21. The summed E-state index contributed by atoms with van der Waals surface area (Å²) in [6.45, 7) is 1.23. The van der Waals surface area contributed by atoms with Crippen LogP contribution < -0.4 is 0 Å². The molecule has 0 atom stereocenters. The van der Waals surface area contributed by atoms with Gasteiger partial charge in [-0.2, -0.15) is 0 Å². The fraction of sp³-hybridized carbons (Fsp3) is 0.462. The Morgan fingerprint density at radius 2 is 2.35 bits per heavy atom. The third-order valence-corrected chi connectivity index (χ3v) is 3.40. The van der Waals surface area contributed by atoms with Gasteiger partial charge >= 0.3 is 0 Å². The lowest BCUT2D eigenvalue weighted by atomic mass is 10.1. The van der Waals surface area contributed by atoms with E-state index in [1.807, 2.05) is 18.5 Å². The summed E-state index contributed by atoms with van der Waals surface area (Å²) in [5.41, 5.74) is 3.34. The molecule has 0 radical (unpaired) electrons. The van der Waals surface area contributed by atoms with E-state index in [0.29, 0.717) is 6.42 Å². The highest BCUT2D eigenvalue weighted by Crippen LogP contribution is 2.27. The van der Waals surface area contributed by atoms with E-state index < -0.39 is 0 Å². The zero-order valence-electron chi connectivity index (χ0n) is 9.82. The van der Waals surface area contributed by atoms with Crippen LogP contribution in [0.4, 0.5) is 0 Å². The highest BCUT2D eigenvalue weighted by atomic mass is 16.3. The van der Waals surface area contributed by atoms with Crippen molar-refractivity contribution in [2.45, 2.75) is 32.2 Å². The van der Waals surface area contributed by atoms with Gasteiger partial charge in [-0.05, 0) is 18.9 Å². The van der Waals surface area contributed by atoms with E-state index in [4.69, 9.17) is 4.98 Å². The second-order valence-corrected chi connectivity index (χ2v) is 4.51. The minimum atomic E-state index is 0.183. The van der Waals surface area contributed by atoms with Crippen LogP contribution in [0.2, 0.25) is 0 Å². The molecule has 0 amide bonds. The average Bonchev–Trinajstić information content (AvgIpc) is 2.97. The number of aromatic nitrogens is 3. The van der Waals surface area contributed by atoms with Crippen LogP contribution in [0, 0.1) is 0 Å². The molecule has 0 saturated heterocycles. The Bertz CT molecular complexity index is 499. The van der Waals surface area contributed by atoms with Crippen LogP contribution >= 0.6 is 0 Å². The third kappa shape index (κ3) is 1.78. The Kier molecular flexibility index (Phi) is 2.73. The van der Waals surface area contributed by atoms with Crippen LogP contribution in [0.25, 0.3) is 11.3 Å². The summed E-state index contributed by atoms with van der Waals surface area (Å²) in [7, 11) is 0. The van der Waals surface area contributed by atoms with Crippen molar-refractivity contribution in [2.24, 2.45) is 0 Å². The first-order chi connectivity index (χ1) is 8.40. The molecule has 17 heavy (non-hydrogen) atoms. The van der Waals surface area contributed by atoms with Crippen LogP contribution in [0.5, 0.6) is 0 Å². The molecule has 3 rings (SSSR count). The van der Waals surface area contributed by atoms with Gasteiger partial charge in [0.15, 0.2) is 0 Å². The van der Waals surface area contributed by atoms with Crippen LogP contribution in [0.3, 0.4) is 0 Å². The molecule has 0 aromatic carbocycles. The van der Waals surface area contributed by atoms with E-state index in [1.165, 1.54) is 24.4 Å². The molecule has 4 nitrogen and oxygen atoms in total. The van der Waals surface area contributed by atoms with Gasteiger partial charge in [-0.3, -0.25) is 0 Å². The van der Waals surface area contributed by atoms with Gasteiger partial charge < -0.3 is 14.7 Å². The number of imidazole rings is 1. The van der Waals surface area contributed by atoms with E-state index in [-0.39, 0.29) is 6.61 Å². The third-order valence-electron chi connectivity index (χ3n) is 3.40. The number of H-pyrrole nitrogens is 1. The first-order valence-electron chi connectivity index (χ1n) is 6.22. The highest BCUT2D eigenvalue weighted by Gasteiger charge is 2.20. The van der Waals surface area contributed by atoms with Gasteiger partial charge in [-0.25, -0.2) is 4.98 Å². The van der Waals surface area contributed by atoms with E-state index in [1.54, 1.807) is 0 Å². The molecule has 0 unspecified atom stereocenters. The van der Waals surface area contributed by atoms with E-state index in [0.717, 1.165) is 24.2 Å². The summed E-state index contributed by atoms with van der Waals surface area (Å²) in [6, 6.07) is 2.04. The molecule has 2 N–H and O–H groups in total. The predicted molar refractivity (Wildman–Crippen MR) is 65.7 cm³/mol. The second-order valence-electron chi connectivity index (χ2n) is 4.51. The topological polar surface area (TPSA) is 53.8 Å². The lowest BCUT2D eigenvalue weighted by Gasteiger charge is -2.16. The standard InChI is InChI=1S/C13H17N3O/c17-8-5-11-13(10-4-6-14-9-10)15-12-3-1-2-7-16(11)12/h4,6,9,14,17H,1-3,5,7-8H2. The van der Waals surface area contributed by atoms with Gasteiger partial charge in [-0.1, -0.05) is 0 Å². The maximum Gasteiger partial charge on any atom is 0.109 e. The monoisotopic (exact) mass is 231 g/mol. The molecule has 0 saturated carbocycles. The van der Waals surface area contributed by atoms with Crippen molar-refractivity contribution in [3.05, 3.63) is 30.0 Å².